The molecule has 220 valence electrons. The van der Waals surface area contributed by atoms with Crippen molar-refractivity contribution in [1.82, 2.24) is 9.13 Å². The molecule has 0 radical (unpaired) electrons. The van der Waals surface area contributed by atoms with E-state index in [1.807, 2.05) is 0 Å². The molecule has 0 atom stereocenters. The van der Waals surface area contributed by atoms with Gasteiger partial charge in [-0.3, -0.25) is 0 Å². The number of nitrogens with one attached hydrogen (secondary N) is 1. The van der Waals surface area contributed by atoms with Gasteiger partial charge >= 0.3 is 0 Å². The minimum Gasteiger partial charge on any atom is -0.355 e. The number of para-hydroxylation sites is 4. The van der Waals surface area contributed by atoms with Crippen LogP contribution in [0.25, 0.3) is 76.5 Å². The number of aromatic nitrogens is 2. The molecule has 0 unspecified atom stereocenters. The van der Waals surface area contributed by atoms with Gasteiger partial charge < -0.3 is 14.5 Å². The molecule has 2 heterocycles. The molecule has 1 N–H and O–H groups in total. The Balaban J connectivity index is 1.15. The van der Waals surface area contributed by atoms with Gasteiger partial charge in [-0.25, -0.2) is 0 Å². The minimum atomic E-state index is 1.08. The average Bonchev–Trinajstić information content (AvgIpc) is 3.65. The second-order valence-electron chi connectivity index (χ2n) is 12.2. The molecule has 0 aliphatic carbocycles. The lowest BCUT2D eigenvalue weighted by Crippen LogP contribution is -2.00. The highest BCUT2D eigenvalue weighted by molar-refractivity contribution is 6.13. The monoisotopic (exact) mass is 599 g/mol. The zero-order valence-electron chi connectivity index (χ0n) is 25.6. The van der Waals surface area contributed by atoms with E-state index in [0.717, 1.165) is 11.4 Å². The predicted molar refractivity (Wildman–Crippen MR) is 200 cm³/mol. The number of rotatable bonds is 4. The maximum absolute atomic E-state index is 3.87. The van der Waals surface area contributed by atoms with Crippen LogP contribution in [0.5, 0.6) is 0 Å². The van der Waals surface area contributed by atoms with Gasteiger partial charge in [0.2, 0.25) is 0 Å². The van der Waals surface area contributed by atoms with Gasteiger partial charge in [-0.05, 0) is 48.5 Å². The molecule has 0 aliphatic heterocycles. The molecule has 0 fully saturated rings. The molecule has 3 nitrogen and oxygen atoms in total. The molecule has 10 rings (SSSR count). The number of benzene rings is 8. The van der Waals surface area contributed by atoms with Crippen molar-refractivity contribution >= 4 is 76.5 Å². The lowest BCUT2D eigenvalue weighted by Gasteiger charge is -2.18. The summed E-state index contributed by atoms with van der Waals surface area (Å²) >= 11 is 0. The van der Waals surface area contributed by atoms with Crippen molar-refractivity contribution in [3.05, 3.63) is 170 Å². The summed E-state index contributed by atoms with van der Waals surface area (Å²) in [6, 6.07) is 61.3. The van der Waals surface area contributed by atoms with E-state index >= 15 is 0 Å². The Labute approximate surface area is 271 Å². The maximum Gasteiger partial charge on any atom is 0.0542 e. The van der Waals surface area contributed by atoms with Gasteiger partial charge in [-0.15, -0.1) is 0 Å². The first-order chi connectivity index (χ1) is 23.3. The van der Waals surface area contributed by atoms with Gasteiger partial charge in [0.1, 0.15) is 0 Å². The van der Waals surface area contributed by atoms with E-state index in [4.69, 9.17) is 0 Å². The molecular weight excluding hydrogens is 571 g/mol. The van der Waals surface area contributed by atoms with Crippen molar-refractivity contribution in [2.24, 2.45) is 0 Å². The van der Waals surface area contributed by atoms with E-state index in [2.05, 4.69) is 184 Å². The second kappa shape index (κ2) is 10.1. The molecule has 8 aromatic carbocycles. The fraction of sp³-hybridized carbons (Fsp3) is 0. The van der Waals surface area contributed by atoms with Crippen molar-refractivity contribution in [3.63, 3.8) is 0 Å². The molecule has 2 aromatic heterocycles. The lowest BCUT2D eigenvalue weighted by molar-refractivity contribution is 1.20. The summed E-state index contributed by atoms with van der Waals surface area (Å²) in [5.41, 5.74) is 9.37. The smallest absolute Gasteiger partial charge is 0.0542 e. The lowest BCUT2D eigenvalue weighted by atomic mass is 10.0. The van der Waals surface area contributed by atoms with Gasteiger partial charge in [-0.2, -0.15) is 0 Å². The van der Waals surface area contributed by atoms with Crippen LogP contribution in [0.2, 0.25) is 0 Å². The van der Waals surface area contributed by atoms with E-state index in [0.29, 0.717) is 0 Å². The fourth-order valence-electron chi connectivity index (χ4n) is 7.68. The third kappa shape index (κ3) is 3.81. The van der Waals surface area contributed by atoms with Crippen LogP contribution >= 0.6 is 0 Å². The van der Waals surface area contributed by atoms with Crippen LogP contribution in [0.4, 0.5) is 11.4 Å². The largest absolute Gasteiger partial charge is 0.355 e. The molecule has 10 aromatic rings. The molecule has 0 bridgehead atoms. The zero-order chi connectivity index (χ0) is 30.9. The standard InChI is InChI=1S/C44H29N3/c1-3-15-31-29(13-1)37(25-27-43(31)46-39-21-9-5-17-33(39)34-18-6-10-22-40(34)46)45-38-26-28-44(32-16-4-2-14-30(32)38)47-41-23-11-7-19-35(41)36-20-8-12-24-42(36)47/h1-28,45H. The topological polar surface area (TPSA) is 21.9 Å². The molecule has 3 heteroatoms. The summed E-state index contributed by atoms with van der Waals surface area (Å²) < 4.78 is 4.82. The predicted octanol–water partition coefficient (Wildman–Crippen LogP) is 11.9. The Morgan fingerprint density at radius 1 is 0.255 bits per heavy atom. The Morgan fingerprint density at radius 3 is 0.872 bits per heavy atom. The summed E-state index contributed by atoms with van der Waals surface area (Å²) in [4.78, 5) is 0. The Morgan fingerprint density at radius 2 is 0.532 bits per heavy atom. The van der Waals surface area contributed by atoms with Crippen LogP contribution in [-0.2, 0) is 0 Å². The van der Waals surface area contributed by atoms with Crippen molar-refractivity contribution in [1.29, 1.82) is 0 Å². The summed E-state index contributed by atoms with van der Waals surface area (Å²) in [7, 11) is 0. The van der Waals surface area contributed by atoms with Crippen LogP contribution in [0, 0.1) is 0 Å². The Hall–Kier alpha value is -6.32. The van der Waals surface area contributed by atoms with Crippen molar-refractivity contribution < 1.29 is 0 Å². The number of nitrogens with zero attached hydrogens (tertiary/aromatic N) is 2. The number of anilines is 2. The summed E-state index contributed by atoms with van der Waals surface area (Å²) in [6.07, 6.45) is 0. The Kier molecular flexibility index (Phi) is 5.57. The van der Waals surface area contributed by atoms with E-state index < -0.39 is 0 Å². The summed E-state index contributed by atoms with van der Waals surface area (Å²) in [5.74, 6) is 0. The van der Waals surface area contributed by atoms with Crippen LogP contribution in [0.1, 0.15) is 0 Å². The maximum atomic E-state index is 3.87. The van der Waals surface area contributed by atoms with Gasteiger partial charge in [0.25, 0.3) is 0 Å². The van der Waals surface area contributed by atoms with Crippen LogP contribution in [0.15, 0.2) is 170 Å². The van der Waals surface area contributed by atoms with E-state index in [9.17, 15) is 0 Å². The summed E-state index contributed by atoms with van der Waals surface area (Å²) in [5, 5.41) is 13.7. The summed E-state index contributed by atoms with van der Waals surface area (Å²) in [6.45, 7) is 0. The van der Waals surface area contributed by atoms with Gasteiger partial charge in [0, 0.05) is 54.5 Å². The van der Waals surface area contributed by atoms with Gasteiger partial charge in [0.05, 0.1) is 33.4 Å². The van der Waals surface area contributed by atoms with E-state index in [1.54, 1.807) is 0 Å². The van der Waals surface area contributed by atoms with Crippen LogP contribution in [-0.4, -0.2) is 9.13 Å². The van der Waals surface area contributed by atoms with Crippen molar-refractivity contribution in [2.45, 2.75) is 0 Å². The average molecular weight is 600 g/mol. The highest BCUT2D eigenvalue weighted by Gasteiger charge is 2.17. The highest BCUT2D eigenvalue weighted by atomic mass is 15.0. The third-order valence-corrected chi connectivity index (χ3v) is 9.71. The minimum absolute atomic E-state index is 1.08. The fourth-order valence-corrected chi connectivity index (χ4v) is 7.68. The second-order valence-corrected chi connectivity index (χ2v) is 12.2. The van der Waals surface area contributed by atoms with Crippen LogP contribution < -0.4 is 5.32 Å². The number of hydrogen-bond acceptors (Lipinski definition) is 1. The number of fused-ring (bicyclic) bond motifs is 8. The van der Waals surface area contributed by atoms with Crippen molar-refractivity contribution in [3.8, 4) is 11.4 Å². The normalized spacial score (nSPS) is 11.8. The highest BCUT2D eigenvalue weighted by Crippen LogP contribution is 2.40. The first-order valence-corrected chi connectivity index (χ1v) is 16.1. The number of hydrogen-bond donors (Lipinski definition) is 1. The molecule has 0 amide bonds. The molecule has 0 spiro atoms. The third-order valence-electron chi connectivity index (χ3n) is 9.71. The van der Waals surface area contributed by atoms with Gasteiger partial charge in [-0.1, -0.05) is 121 Å². The van der Waals surface area contributed by atoms with E-state index in [-0.39, 0.29) is 0 Å². The molecule has 47 heavy (non-hydrogen) atoms. The Bertz CT molecular complexity index is 2530. The molecule has 0 saturated heterocycles. The van der Waals surface area contributed by atoms with E-state index in [1.165, 1.54) is 76.5 Å². The SMILES string of the molecule is c1ccc2c(-n3c4ccccc4c4ccccc43)ccc(Nc3ccc(-n4c5ccccc5c5ccccc54)c4ccccc34)c2c1. The van der Waals surface area contributed by atoms with Gasteiger partial charge in [0.15, 0.2) is 0 Å². The first-order valence-electron chi connectivity index (χ1n) is 16.1. The zero-order valence-corrected chi connectivity index (χ0v) is 25.6. The molecule has 0 saturated carbocycles. The molecule has 0 aliphatic rings. The van der Waals surface area contributed by atoms with Crippen LogP contribution in [0.3, 0.4) is 0 Å². The molecular formula is C44H29N3. The first kappa shape index (κ1) is 26.0. The quantitative estimate of drug-likeness (QED) is 0.214. The van der Waals surface area contributed by atoms with Crippen molar-refractivity contribution in [2.75, 3.05) is 5.32 Å².